The van der Waals surface area contributed by atoms with E-state index in [4.69, 9.17) is 4.74 Å². The minimum atomic E-state index is -0.312. The fraction of sp³-hybridized carbons (Fsp3) is 0.115. The van der Waals surface area contributed by atoms with Crippen LogP contribution >= 0.6 is 0 Å². The van der Waals surface area contributed by atoms with Crippen LogP contribution in [0.2, 0.25) is 0 Å². The number of rotatable bonds is 8. The molecule has 0 fully saturated rings. The van der Waals surface area contributed by atoms with Crippen molar-refractivity contribution in [3.05, 3.63) is 102 Å². The number of halogens is 1. The van der Waals surface area contributed by atoms with Crippen molar-refractivity contribution in [3.8, 4) is 16.9 Å². The molecule has 6 nitrogen and oxygen atoms in total. The monoisotopic (exact) mass is 442 g/mol. The highest BCUT2D eigenvalue weighted by atomic mass is 19.1. The van der Waals surface area contributed by atoms with Crippen molar-refractivity contribution in [1.29, 1.82) is 0 Å². The van der Waals surface area contributed by atoms with Gasteiger partial charge >= 0.3 is 0 Å². The maximum atomic E-state index is 13.4. The van der Waals surface area contributed by atoms with Gasteiger partial charge in [0.05, 0.1) is 7.11 Å². The summed E-state index contributed by atoms with van der Waals surface area (Å²) in [5.41, 5.74) is 3.72. The number of amides is 1. The Kier molecular flexibility index (Phi) is 6.90. The van der Waals surface area contributed by atoms with E-state index < -0.39 is 0 Å². The lowest BCUT2D eigenvalue weighted by molar-refractivity contribution is 0.0954. The second-order valence-electron chi connectivity index (χ2n) is 7.37. The lowest BCUT2D eigenvalue weighted by atomic mass is 10.1. The van der Waals surface area contributed by atoms with Crippen LogP contribution in [0.5, 0.6) is 5.75 Å². The molecule has 0 atom stereocenters. The van der Waals surface area contributed by atoms with Gasteiger partial charge in [-0.05, 0) is 60.0 Å². The van der Waals surface area contributed by atoms with Gasteiger partial charge in [0.15, 0.2) is 0 Å². The van der Waals surface area contributed by atoms with Crippen LogP contribution in [0.1, 0.15) is 15.9 Å². The fourth-order valence-corrected chi connectivity index (χ4v) is 3.33. The summed E-state index contributed by atoms with van der Waals surface area (Å²) in [5, 5.41) is 6.03. The molecule has 7 heteroatoms. The van der Waals surface area contributed by atoms with Crippen molar-refractivity contribution in [2.45, 2.75) is 6.42 Å². The number of carbonyl (C=O) groups is 1. The molecule has 0 radical (unpaired) electrons. The molecule has 4 rings (SSSR count). The van der Waals surface area contributed by atoms with Crippen molar-refractivity contribution < 1.29 is 13.9 Å². The number of nitrogens with zero attached hydrogens (tertiary/aromatic N) is 2. The molecule has 1 aromatic heterocycles. The van der Waals surface area contributed by atoms with Gasteiger partial charge in [-0.3, -0.25) is 4.79 Å². The summed E-state index contributed by atoms with van der Waals surface area (Å²) in [7, 11) is 1.63. The van der Waals surface area contributed by atoms with E-state index in [2.05, 4.69) is 20.6 Å². The zero-order valence-electron chi connectivity index (χ0n) is 18.1. The number of carbonyl (C=O) groups excluding carboxylic acids is 1. The predicted octanol–water partition coefficient (Wildman–Crippen LogP) is 5.01. The molecule has 0 aliphatic heterocycles. The van der Waals surface area contributed by atoms with Gasteiger partial charge in [0.2, 0.25) is 5.95 Å². The Morgan fingerprint density at radius 3 is 2.52 bits per heavy atom. The Morgan fingerprint density at radius 2 is 1.73 bits per heavy atom. The van der Waals surface area contributed by atoms with E-state index in [9.17, 15) is 9.18 Å². The van der Waals surface area contributed by atoms with E-state index in [1.54, 1.807) is 49.8 Å². The fourth-order valence-electron chi connectivity index (χ4n) is 3.33. The first-order valence-electron chi connectivity index (χ1n) is 10.5. The minimum Gasteiger partial charge on any atom is -0.497 e. The number of ether oxygens (including phenoxy) is 1. The van der Waals surface area contributed by atoms with Gasteiger partial charge in [-0.15, -0.1) is 0 Å². The summed E-state index contributed by atoms with van der Waals surface area (Å²) < 4.78 is 18.7. The SMILES string of the molecule is COc1cccc(CCNC(=O)c2cccc(Nc3ncc(-c4cccc(F)c4)cn3)c2)c1. The van der Waals surface area contributed by atoms with Crippen LogP contribution < -0.4 is 15.4 Å². The lowest BCUT2D eigenvalue weighted by Gasteiger charge is -2.09. The molecule has 1 amide bonds. The molecule has 0 saturated carbocycles. The van der Waals surface area contributed by atoms with E-state index in [0.717, 1.165) is 11.3 Å². The molecule has 0 saturated heterocycles. The van der Waals surface area contributed by atoms with Gasteiger partial charge in [0, 0.05) is 35.8 Å². The number of methoxy groups -OCH3 is 1. The predicted molar refractivity (Wildman–Crippen MR) is 126 cm³/mol. The van der Waals surface area contributed by atoms with Gasteiger partial charge < -0.3 is 15.4 Å². The maximum Gasteiger partial charge on any atom is 0.251 e. The summed E-state index contributed by atoms with van der Waals surface area (Å²) in [6.07, 6.45) is 3.95. The smallest absolute Gasteiger partial charge is 0.251 e. The summed E-state index contributed by atoms with van der Waals surface area (Å²) in [4.78, 5) is 21.2. The van der Waals surface area contributed by atoms with Crippen molar-refractivity contribution >= 4 is 17.5 Å². The molecule has 33 heavy (non-hydrogen) atoms. The molecule has 166 valence electrons. The van der Waals surface area contributed by atoms with Gasteiger partial charge in [-0.25, -0.2) is 14.4 Å². The third-order valence-corrected chi connectivity index (χ3v) is 5.02. The number of nitrogens with one attached hydrogen (secondary N) is 2. The normalized spacial score (nSPS) is 10.5. The Labute approximate surface area is 191 Å². The standard InChI is InChI=1S/C26H23FN4O2/c1-33-24-10-2-5-18(13-24)11-12-28-25(32)20-7-4-9-23(15-20)31-26-29-16-21(17-30-26)19-6-3-8-22(27)14-19/h2-10,13-17H,11-12H2,1H3,(H,28,32)(H,29,30,31). The summed E-state index contributed by atoms with van der Waals surface area (Å²) >= 11 is 0. The Bertz CT molecular complexity index is 1250. The summed E-state index contributed by atoms with van der Waals surface area (Å²) in [6.45, 7) is 0.508. The van der Waals surface area contributed by atoms with Crippen LogP contribution in [0.4, 0.5) is 16.0 Å². The van der Waals surface area contributed by atoms with Crippen molar-refractivity contribution in [1.82, 2.24) is 15.3 Å². The molecule has 1 heterocycles. The molecular weight excluding hydrogens is 419 g/mol. The van der Waals surface area contributed by atoms with Crippen molar-refractivity contribution in [2.75, 3.05) is 19.0 Å². The zero-order valence-corrected chi connectivity index (χ0v) is 18.1. The summed E-state index contributed by atoms with van der Waals surface area (Å²) in [6, 6.07) is 21.1. The third kappa shape index (κ3) is 5.92. The topological polar surface area (TPSA) is 76.1 Å². The molecule has 0 unspecified atom stereocenters. The van der Waals surface area contributed by atoms with Crippen molar-refractivity contribution in [3.63, 3.8) is 0 Å². The van der Waals surface area contributed by atoms with Gasteiger partial charge in [-0.1, -0.05) is 30.3 Å². The van der Waals surface area contributed by atoms with E-state index in [1.165, 1.54) is 12.1 Å². The molecule has 4 aromatic rings. The number of benzene rings is 3. The first-order valence-corrected chi connectivity index (χ1v) is 10.5. The Morgan fingerprint density at radius 1 is 0.939 bits per heavy atom. The average molecular weight is 442 g/mol. The lowest BCUT2D eigenvalue weighted by Crippen LogP contribution is -2.25. The van der Waals surface area contributed by atoms with Crippen LogP contribution in [0.15, 0.2) is 85.2 Å². The van der Waals surface area contributed by atoms with Crippen LogP contribution in [-0.2, 0) is 6.42 Å². The first kappa shape index (κ1) is 22.0. The largest absolute Gasteiger partial charge is 0.497 e. The number of aromatic nitrogens is 2. The maximum absolute atomic E-state index is 13.4. The Balaban J connectivity index is 1.35. The highest BCUT2D eigenvalue weighted by Crippen LogP contribution is 2.20. The van der Waals surface area contributed by atoms with Crippen LogP contribution in [0, 0.1) is 5.82 Å². The van der Waals surface area contributed by atoms with Gasteiger partial charge in [0.1, 0.15) is 11.6 Å². The molecule has 0 bridgehead atoms. The highest BCUT2D eigenvalue weighted by Gasteiger charge is 2.08. The minimum absolute atomic E-state index is 0.163. The first-order chi connectivity index (χ1) is 16.1. The summed E-state index contributed by atoms with van der Waals surface area (Å²) in [5.74, 6) is 0.701. The van der Waals surface area contributed by atoms with E-state index in [-0.39, 0.29) is 11.7 Å². The zero-order chi connectivity index (χ0) is 23.0. The molecule has 0 aliphatic carbocycles. The van der Waals surface area contributed by atoms with Gasteiger partial charge in [-0.2, -0.15) is 0 Å². The molecular formula is C26H23FN4O2. The number of hydrogen-bond acceptors (Lipinski definition) is 5. The van der Waals surface area contributed by atoms with E-state index >= 15 is 0 Å². The number of hydrogen-bond donors (Lipinski definition) is 2. The molecule has 2 N–H and O–H groups in total. The number of anilines is 2. The van der Waals surface area contributed by atoms with E-state index in [0.29, 0.717) is 41.3 Å². The second-order valence-corrected chi connectivity index (χ2v) is 7.37. The molecule has 0 aliphatic rings. The average Bonchev–Trinajstić information content (AvgIpc) is 2.85. The van der Waals surface area contributed by atoms with Gasteiger partial charge in [0.25, 0.3) is 5.91 Å². The van der Waals surface area contributed by atoms with E-state index in [1.807, 2.05) is 30.3 Å². The second kappa shape index (κ2) is 10.4. The van der Waals surface area contributed by atoms with Crippen LogP contribution in [0.25, 0.3) is 11.1 Å². The molecule has 3 aromatic carbocycles. The molecule has 0 spiro atoms. The quantitative estimate of drug-likeness (QED) is 0.401. The van der Waals surface area contributed by atoms with Crippen molar-refractivity contribution in [2.24, 2.45) is 0 Å². The Hall–Kier alpha value is -4.26. The highest BCUT2D eigenvalue weighted by molar-refractivity contribution is 5.95. The van der Waals surface area contributed by atoms with Crippen LogP contribution in [0.3, 0.4) is 0 Å². The third-order valence-electron chi connectivity index (χ3n) is 5.02. The van der Waals surface area contributed by atoms with Crippen LogP contribution in [-0.4, -0.2) is 29.5 Å².